The molecule has 2 aromatic carbocycles. The number of halogens is 1. The van der Waals surface area contributed by atoms with Gasteiger partial charge in [0.05, 0.1) is 6.61 Å². The molecule has 0 saturated carbocycles. The van der Waals surface area contributed by atoms with E-state index in [2.05, 4.69) is 22.6 Å². The van der Waals surface area contributed by atoms with Gasteiger partial charge < -0.3 is 14.2 Å². The molecule has 1 atom stereocenters. The molecule has 0 fully saturated rings. The average molecular weight is 412 g/mol. The first-order valence-electron chi connectivity index (χ1n) is 6.95. The van der Waals surface area contributed by atoms with Gasteiger partial charge in [-0.05, 0) is 85.0 Å². The van der Waals surface area contributed by atoms with Gasteiger partial charge >= 0.3 is 5.97 Å². The molecule has 0 heterocycles. The summed E-state index contributed by atoms with van der Waals surface area (Å²) in [6.45, 7) is 3.77. The molecular weight excluding hydrogens is 395 g/mol. The van der Waals surface area contributed by atoms with Crippen molar-refractivity contribution in [2.45, 2.75) is 20.0 Å². The van der Waals surface area contributed by atoms with Gasteiger partial charge in [-0.2, -0.15) is 0 Å². The van der Waals surface area contributed by atoms with Crippen molar-refractivity contribution in [3.63, 3.8) is 0 Å². The van der Waals surface area contributed by atoms with Gasteiger partial charge in [0.1, 0.15) is 17.2 Å². The Kier molecular flexibility index (Phi) is 6.06. The molecule has 0 radical (unpaired) electrons. The van der Waals surface area contributed by atoms with Crippen LogP contribution in [0.25, 0.3) is 0 Å². The van der Waals surface area contributed by atoms with Crippen LogP contribution in [0.2, 0.25) is 0 Å². The number of carbonyl (C=O) groups is 1. The van der Waals surface area contributed by atoms with Gasteiger partial charge in [-0.1, -0.05) is 0 Å². The smallest absolute Gasteiger partial charge is 0.347 e. The number of esters is 1. The van der Waals surface area contributed by atoms with Crippen molar-refractivity contribution in [2.75, 3.05) is 6.61 Å². The van der Waals surface area contributed by atoms with Crippen LogP contribution in [0, 0.1) is 3.57 Å². The Balaban J connectivity index is 1.95. The molecule has 0 aromatic heterocycles. The maximum Gasteiger partial charge on any atom is 0.347 e. The van der Waals surface area contributed by atoms with Crippen LogP contribution in [0.1, 0.15) is 13.8 Å². The van der Waals surface area contributed by atoms with E-state index in [4.69, 9.17) is 14.2 Å². The van der Waals surface area contributed by atoms with Crippen molar-refractivity contribution >= 4 is 28.6 Å². The Morgan fingerprint density at radius 1 is 1.00 bits per heavy atom. The predicted molar refractivity (Wildman–Crippen MR) is 92.4 cm³/mol. The number of hydrogen-bond donors (Lipinski definition) is 0. The van der Waals surface area contributed by atoms with Crippen LogP contribution in [0.15, 0.2) is 48.5 Å². The molecule has 0 N–H and O–H groups in total. The Morgan fingerprint density at radius 2 is 1.50 bits per heavy atom. The van der Waals surface area contributed by atoms with Gasteiger partial charge in [-0.25, -0.2) is 4.79 Å². The second kappa shape index (κ2) is 8.03. The quantitative estimate of drug-likeness (QED) is 0.521. The van der Waals surface area contributed by atoms with E-state index < -0.39 is 6.10 Å². The summed E-state index contributed by atoms with van der Waals surface area (Å²) in [5.74, 6) is 1.70. The minimum atomic E-state index is -0.636. The standard InChI is InChI=1S/C17H17IO4/c1-3-20-17(19)12(2)21-14-8-10-16(11-9-14)22-15-6-4-13(18)5-7-15/h4-12H,3H2,1-2H3. The van der Waals surface area contributed by atoms with E-state index in [0.29, 0.717) is 18.1 Å². The molecule has 0 spiro atoms. The zero-order valence-corrected chi connectivity index (χ0v) is 14.6. The molecule has 0 aliphatic rings. The molecule has 0 amide bonds. The monoisotopic (exact) mass is 412 g/mol. The molecule has 0 bridgehead atoms. The number of hydrogen-bond acceptors (Lipinski definition) is 4. The molecule has 0 saturated heterocycles. The molecule has 2 aromatic rings. The van der Waals surface area contributed by atoms with Crippen molar-refractivity contribution in [3.05, 3.63) is 52.1 Å². The summed E-state index contributed by atoms with van der Waals surface area (Å²) in [6, 6.07) is 14.9. The topological polar surface area (TPSA) is 44.8 Å². The predicted octanol–water partition coefficient (Wildman–Crippen LogP) is 4.41. The molecule has 0 aliphatic carbocycles. The Morgan fingerprint density at radius 3 is 2.05 bits per heavy atom. The van der Waals surface area contributed by atoms with Gasteiger partial charge in [-0.15, -0.1) is 0 Å². The van der Waals surface area contributed by atoms with E-state index in [-0.39, 0.29) is 5.97 Å². The molecule has 0 aliphatic heterocycles. The highest BCUT2D eigenvalue weighted by atomic mass is 127. The fraction of sp³-hybridized carbons (Fsp3) is 0.235. The Bertz CT molecular complexity index is 608. The van der Waals surface area contributed by atoms with E-state index in [1.807, 2.05) is 24.3 Å². The minimum Gasteiger partial charge on any atom is -0.479 e. The number of carbonyl (C=O) groups excluding carboxylic acids is 1. The molecule has 22 heavy (non-hydrogen) atoms. The molecule has 2 rings (SSSR count). The fourth-order valence-electron chi connectivity index (χ4n) is 1.74. The lowest BCUT2D eigenvalue weighted by Gasteiger charge is -2.13. The average Bonchev–Trinajstić information content (AvgIpc) is 2.51. The summed E-state index contributed by atoms with van der Waals surface area (Å²) in [7, 11) is 0. The van der Waals surface area contributed by atoms with Gasteiger partial charge in [0.25, 0.3) is 0 Å². The second-order valence-electron chi connectivity index (χ2n) is 4.54. The van der Waals surface area contributed by atoms with Crippen molar-refractivity contribution in [1.29, 1.82) is 0 Å². The van der Waals surface area contributed by atoms with Crippen molar-refractivity contribution in [3.8, 4) is 17.2 Å². The summed E-state index contributed by atoms with van der Waals surface area (Å²) in [5, 5.41) is 0. The summed E-state index contributed by atoms with van der Waals surface area (Å²) in [6.07, 6.45) is -0.636. The normalized spacial score (nSPS) is 11.6. The number of ether oxygens (including phenoxy) is 3. The maximum absolute atomic E-state index is 11.5. The highest BCUT2D eigenvalue weighted by Gasteiger charge is 2.15. The van der Waals surface area contributed by atoms with Crippen LogP contribution in [0.3, 0.4) is 0 Å². The fourth-order valence-corrected chi connectivity index (χ4v) is 2.10. The van der Waals surface area contributed by atoms with Crippen LogP contribution in [0.4, 0.5) is 0 Å². The first-order chi connectivity index (χ1) is 10.6. The second-order valence-corrected chi connectivity index (χ2v) is 5.79. The molecule has 4 nitrogen and oxygen atoms in total. The first kappa shape index (κ1) is 16.6. The lowest BCUT2D eigenvalue weighted by atomic mass is 10.3. The van der Waals surface area contributed by atoms with Crippen LogP contribution >= 0.6 is 22.6 Å². The number of rotatable bonds is 6. The van der Waals surface area contributed by atoms with Gasteiger partial charge in [0.15, 0.2) is 6.10 Å². The highest BCUT2D eigenvalue weighted by molar-refractivity contribution is 14.1. The SMILES string of the molecule is CCOC(=O)C(C)Oc1ccc(Oc2ccc(I)cc2)cc1. The third-order valence-corrected chi connectivity index (χ3v) is 3.52. The zero-order valence-electron chi connectivity index (χ0n) is 12.4. The van der Waals surface area contributed by atoms with E-state index in [1.54, 1.807) is 38.1 Å². The van der Waals surface area contributed by atoms with E-state index >= 15 is 0 Å². The van der Waals surface area contributed by atoms with E-state index in [9.17, 15) is 4.79 Å². The first-order valence-corrected chi connectivity index (χ1v) is 8.03. The summed E-state index contributed by atoms with van der Waals surface area (Å²) in [4.78, 5) is 11.5. The van der Waals surface area contributed by atoms with Crippen LogP contribution < -0.4 is 9.47 Å². The lowest BCUT2D eigenvalue weighted by molar-refractivity contribution is -0.150. The summed E-state index contributed by atoms with van der Waals surface area (Å²) >= 11 is 2.24. The minimum absolute atomic E-state index is 0.343. The van der Waals surface area contributed by atoms with Crippen LogP contribution in [-0.4, -0.2) is 18.7 Å². The molecule has 1 unspecified atom stereocenters. The molecular formula is C17H17IO4. The maximum atomic E-state index is 11.5. The van der Waals surface area contributed by atoms with Crippen molar-refractivity contribution in [2.24, 2.45) is 0 Å². The summed E-state index contributed by atoms with van der Waals surface area (Å²) < 4.78 is 17.3. The molecule has 5 heteroatoms. The number of benzene rings is 2. The third-order valence-electron chi connectivity index (χ3n) is 2.80. The van der Waals surface area contributed by atoms with E-state index in [1.165, 1.54) is 0 Å². The molecule has 116 valence electrons. The van der Waals surface area contributed by atoms with Gasteiger partial charge in [-0.3, -0.25) is 0 Å². The zero-order chi connectivity index (χ0) is 15.9. The Hall–Kier alpha value is -1.76. The Labute approximate surface area is 143 Å². The van der Waals surface area contributed by atoms with Gasteiger partial charge in [0.2, 0.25) is 0 Å². The summed E-state index contributed by atoms with van der Waals surface area (Å²) in [5.41, 5.74) is 0. The van der Waals surface area contributed by atoms with Crippen molar-refractivity contribution in [1.82, 2.24) is 0 Å². The van der Waals surface area contributed by atoms with Crippen LogP contribution in [-0.2, 0) is 9.53 Å². The van der Waals surface area contributed by atoms with Gasteiger partial charge in [0, 0.05) is 3.57 Å². The van der Waals surface area contributed by atoms with E-state index in [0.717, 1.165) is 9.32 Å². The lowest BCUT2D eigenvalue weighted by Crippen LogP contribution is -2.25. The third kappa shape index (κ3) is 4.91. The van der Waals surface area contributed by atoms with Crippen LogP contribution in [0.5, 0.6) is 17.2 Å². The van der Waals surface area contributed by atoms with Crippen molar-refractivity contribution < 1.29 is 19.0 Å². The highest BCUT2D eigenvalue weighted by Crippen LogP contribution is 2.24. The largest absolute Gasteiger partial charge is 0.479 e.